The van der Waals surface area contributed by atoms with Crippen LogP contribution in [0.5, 0.6) is 17.2 Å². The van der Waals surface area contributed by atoms with Gasteiger partial charge < -0.3 is 14.2 Å². The van der Waals surface area contributed by atoms with Gasteiger partial charge in [-0.3, -0.25) is 5.43 Å². The lowest BCUT2D eigenvalue weighted by atomic mass is 10.2. The summed E-state index contributed by atoms with van der Waals surface area (Å²) >= 11 is 1.50. The largest absolute Gasteiger partial charge is 0.493 e. The van der Waals surface area contributed by atoms with E-state index in [1.165, 1.54) is 11.3 Å². The topological polar surface area (TPSA) is 65.0 Å². The molecule has 6 nitrogen and oxygen atoms in total. The van der Waals surface area contributed by atoms with Crippen molar-refractivity contribution in [3.8, 4) is 28.5 Å². The first-order valence-corrected chi connectivity index (χ1v) is 8.73. The van der Waals surface area contributed by atoms with Gasteiger partial charge in [0.1, 0.15) is 0 Å². The Kier molecular flexibility index (Phi) is 5.70. The van der Waals surface area contributed by atoms with Crippen molar-refractivity contribution in [3.63, 3.8) is 0 Å². The third kappa shape index (κ3) is 3.94. The smallest absolute Gasteiger partial charge is 0.203 e. The van der Waals surface area contributed by atoms with Gasteiger partial charge in [0.25, 0.3) is 0 Å². The Hall–Kier alpha value is -3.06. The van der Waals surface area contributed by atoms with Crippen LogP contribution in [0.2, 0.25) is 0 Å². The average Bonchev–Trinajstić information content (AvgIpc) is 3.16. The van der Waals surface area contributed by atoms with Crippen LogP contribution in [0.4, 0.5) is 5.13 Å². The molecule has 2 aromatic carbocycles. The molecule has 7 heteroatoms. The summed E-state index contributed by atoms with van der Waals surface area (Å²) in [4.78, 5) is 4.53. The van der Waals surface area contributed by atoms with Crippen LogP contribution >= 0.6 is 11.3 Å². The van der Waals surface area contributed by atoms with Crippen LogP contribution in [-0.4, -0.2) is 32.5 Å². The van der Waals surface area contributed by atoms with Crippen molar-refractivity contribution >= 4 is 22.7 Å². The van der Waals surface area contributed by atoms with Crippen molar-refractivity contribution in [2.45, 2.75) is 0 Å². The second-order valence-corrected chi connectivity index (χ2v) is 6.09. The third-order valence-corrected chi connectivity index (χ3v) is 4.38. The molecule has 0 saturated heterocycles. The fourth-order valence-corrected chi connectivity index (χ4v) is 3.07. The maximum atomic E-state index is 5.34. The van der Waals surface area contributed by atoms with Gasteiger partial charge in [0, 0.05) is 16.5 Å². The summed E-state index contributed by atoms with van der Waals surface area (Å²) in [5.74, 6) is 1.70. The minimum absolute atomic E-state index is 0.549. The molecule has 1 N–H and O–H groups in total. The minimum atomic E-state index is 0.549. The lowest BCUT2D eigenvalue weighted by Crippen LogP contribution is -1.97. The van der Waals surface area contributed by atoms with Crippen LogP contribution < -0.4 is 19.6 Å². The van der Waals surface area contributed by atoms with Crippen LogP contribution in [0.25, 0.3) is 11.3 Å². The van der Waals surface area contributed by atoms with Crippen LogP contribution in [0.1, 0.15) is 5.56 Å². The average molecular weight is 369 g/mol. The van der Waals surface area contributed by atoms with Gasteiger partial charge in [-0.1, -0.05) is 30.3 Å². The lowest BCUT2D eigenvalue weighted by Gasteiger charge is -2.12. The van der Waals surface area contributed by atoms with Crippen LogP contribution in [0.15, 0.2) is 52.9 Å². The first-order valence-electron chi connectivity index (χ1n) is 7.85. The molecule has 0 atom stereocenters. The van der Waals surface area contributed by atoms with Crippen LogP contribution in [-0.2, 0) is 0 Å². The molecule has 0 aliphatic carbocycles. The molecular weight excluding hydrogens is 350 g/mol. The van der Waals surface area contributed by atoms with E-state index in [1.54, 1.807) is 27.5 Å². The number of hydrogen-bond donors (Lipinski definition) is 1. The van der Waals surface area contributed by atoms with Gasteiger partial charge in [0.05, 0.1) is 33.2 Å². The number of hydrazone groups is 1. The van der Waals surface area contributed by atoms with Crippen molar-refractivity contribution in [2.24, 2.45) is 5.10 Å². The molecule has 3 aromatic rings. The summed E-state index contributed by atoms with van der Waals surface area (Å²) in [6.07, 6.45) is 1.67. The number of nitrogens with zero attached hydrogens (tertiary/aromatic N) is 2. The Bertz CT molecular complexity index is 869. The van der Waals surface area contributed by atoms with Crippen molar-refractivity contribution in [1.82, 2.24) is 4.98 Å². The van der Waals surface area contributed by atoms with E-state index in [0.29, 0.717) is 22.4 Å². The lowest BCUT2D eigenvalue weighted by molar-refractivity contribution is 0.324. The zero-order valence-corrected chi connectivity index (χ0v) is 15.5. The molecule has 0 unspecified atom stereocenters. The Labute approximate surface area is 156 Å². The van der Waals surface area contributed by atoms with Gasteiger partial charge in [0.15, 0.2) is 11.5 Å². The van der Waals surface area contributed by atoms with E-state index in [-0.39, 0.29) is 0 Å². The molecule has 0 spiro atoms. The number of methoxy groups -OCH3 is 3. The van der Waals surface area contributed by atoms with Crippen molar-refractivity contribution in [3.05, 3.63) is 53.4 Å². The van der Waals surface area contributed by atoms with Crippen molar-refractivity contribution in [2.75, 3.05) is 26.8 Å². The predicted molar refractivity (Wildman–Crippen MR) is 105 cm³/mol. The summed E-state index contributed by atoms with van der Waals surface area (Å²) < 4.78 is 16.0. The number of anilines is 1. The molecule has 0 bridgehead atoms. The molecule has 1 aromatic heterocycles. The molecule has 0 radical (unpaired) electrons. The number of thiazole rings is 1. The van der Waals surface area contributed by atoms with Crippen LogP contribution in [0.3, 0.4) is 0 Å². The van der Waals surface area contributed by atoms with E-state index in [0.717, 1.165) is 16.8 Å². The second kappa shape index (κ2) is 8.35. The van der Waals surface area contributed by atoms with E-state index in [9.17, 15) is 0 Å². The SMILES string of the molecule is COc1cc(/C=N\Nc2nc(-c3ccccc3)cs2)cc(OC)c1OC. The fraction of sp³-hybridized carbons (Fsp3) is 0.158. The van der Waals surface area contributed by atoms with Gasteiger partial charge in [-0.15, -0.1) is 11.3 Å². The number of benzene rings is 2. The highest BCUT2D eigenvalue weighted by Gasteiger charge is 2.12. The van der Waals surface area contributed by atoms with E-state index in [1.807, 2.05) is 47.8 Å². The normalized spacial score (nSPS) is 10.7. The molecule has 0 aliphatic rings. The molecule has 3 rings (SSSR count). The molecule has 0 amide bonds. The predicted octanol–water partition coefficient (Wildman–Crippen LogP) is 4.28. The Morgan fingerprint density at radius 3 is 2.31 bits per heavy atom. The molecule has 0 saturated carbocycles. The molecule has 1 heterocycles. The van der Waals surface area contributed by atoms with Crippen molar-refractivity contribution in [1.29, 1.82) is 0 Å². The highest BCUT2D eigenvalue weighted by Crippen LogP contribution is 2.37. The first kappa shape index (κ1) is 17.8. The van der Waals surface area contributed by atoms with Gasteiger partial charge in [-0.05, 0) is 12.1 Å². The standard InChI is InChI=1S/C19H19N3O3S/c1-23-16-9-13(10-17(24-2)18(16)25-3)11-20-22-19-21-15(12-26-19)14-7-5-4-6-8-14/h4-12H,1-3H3,(H,21,22)/b20-11-. The number of ether oxygens (including phenoxy) is 3. The molecule has 26 heavy (non-hydrogen) atoms. The monoisotopic (exact) mass is 369 g/mol. The summed E-state index contributed by atoms with van der Waals surface area (Å²) in [6.45, 7) is 0. The Balaban J connectivity index is 1.74. The molecule has 134 valence electrons. The van der Waals surface area contributed by atoms with Crippen molar-refractivity contribution < 1.29 is 14.2 Å². The van der Waals surface area contributed by atoms with Gasteiger partial charge in [-0.2, -0.15) is 5.10 Å². The zero-order chi connectivity index (χ0) is 18.4. The summed E-state index contributed by atoms with van der Waals surface area (Å²) in [7, 11) is 4.73. The molecular formula is C19H19N3O3S. The maximum Gasteiger partial charge on any atom is 0.203 e. The fourth-order valence-electron chi connectivity index (χ4n) is 2.40. The number of hydrogen-bond acceptors (Lipinski definition) is 7. The number of nitrogens with one attached hydrogen (secondary N) is 1. The highest BCUT2D eigenvalue weighted by atomic mass is 32.1. The molecule has 0 fully saturated rings. The van der Waals surface area contributed by atoms with E-state index in [2.05, 4.69) is 15.5 Å². The zero-order valence-electron chi connectivity index (χ0n) is 14.7. The van der Waals surface area contributed by atoms with E-state index in [4.69, 9.17) is 14.2 Å². The maximum absolute atomic E-state index is 5.34. The summed E-state index contributed by atoms with van der Waals surface area (Å²) in [5, 5.41) is 6.95. The second-order valence-electron chi connectivity index (χ2n) is 5.23. The highest BCUT2D eigenvalue weighted by molar-refractivity contribution is 7.14. The molecule has 0 aliphatic heterocycles. The van der Waals surface area contributed by atoms with E-state index >= 15 is 0 Å². The third-order valence-electron chi connectivity index (χ3n) is 3.63. The first-order chi connectivity index (χ1) is 12.7. The quantitative estimate of drug-likeness (QED) is 0.497. The Morgan fingerprint density at radius 1 is 1.00 bits per heavy atom. The van der Waals surface area contributed by atoms with Gasteiger partial charge >= 0.3 is 0 Å². The summed E-state index contributed by atoms with van der Waals surface area (Å²) in [5.41, 5.74) is 5.75. The van der Waals surface area contributed by atoms with E-state index < -0.39 is 0 Å². The minimum Gasteiger partial charge on any atom is -0.493 e. The summed E-state index contributed by atoms with van der Waals surface area (Å²) in [6, 6.07) is 13.7. The Morgan fingerprint density at radius 2 is 1.69 bits per heavy atom. The van der Waals surface area contributed by atoms with Crippen LogP contribution in [0, 0.1) is 0 Å². The number of rotatable bonds is 7. The number of aromatic nitrogens is 1. The van der Waals surface area contributed by atoms with Gasteiger partial charge in [0.2, 0.25) is 10.9 Å². The van der Waals surface area contributed by atoms with Gasteiger partial charge in [-0.25, -0.2) is 4.98 Å².